The molecule has 0 spiro atoms. The quantitative estimate of drug-likeness (QED) is 0.339. The number of rotatable bonds is 7. The number of nitrogens with one attached hydrogen (secondary N) is 1. The number of anilines is 3. The number of pyridine rings is 1. The number of aromatic nitrogens is 1. The van der Waals surface area contributed by atoms with E-state index in [0.717, 1.165) is 22.6 Å². The van der Waals surface area contributed by atoms with Crippen LogP contribution in [0.15, 0.2) is 41.7 Å². The topological polar surface area (TPSA) is 97.7 Å². The molecule has 1 fully saturated rings. The van der Waals surface area contributed by atoms with Gasteiger partial charge in [0.15, 0.2) is 11.6 Å². The second-order valence-corrected chi connectivity index (χ2v) is 12.6. The summed E-state index contributed by atoms with van der Waals surface area (Å²) in [5, 5.41) is 0. The van der Waals surface area contributed by atoms with Crippen molar-refractivity contribution in [2.24, 2.45) is 7.05 Å². The fraction of sp³-hybridized carbons (Fsp3) is 0.391. The van der Waals surface area contributed by atoms with Crippen molar-refractivity contribution in [3.05, 3.63) is 62.5 Å². The Bertz CT molecular complexity index is 1350. The van der Waals surface area contributed by atoms with Crippen LogP contribution in [0.2, 0.25) is 0 Å². The molecule has 0 unspecified atom stereocenters. The van der Waals surface area contributed by atoms with E-state index in [-0.39, 0.29) is 12.1 Å². The maximum absolute atomic E-state index is 15.1. The summed E-state index contributed by atoms with van der Waals surface area (Å²) in [7, 11) is -2.95. The largest absolute Gasteiger partial charge is 0.443 e. The van der Waals surface area contributed by atoms with Crippen molar-refractivity contribution in [1.82, 2.24) is 4.57 Å². The van der Waals surface area contributed by atoms with Crippen LogP contribution >= 0.6 is 22.6 Å². The monoisotopic (exact) mass is 621 g/mol. The minimum absolute atomic E-state index is 0.160. The number of carbonyl (C=O) groups excluding carboxylic acids is 1. The Kier molecular flexibility index (Phi) is 7.38. The van der Waals surface area contributed by atoms with Gasteiger partial charge in [0.25, 0.3) is 5.56 Å². The zero-order chi connectivity index (χ0) is 26.3. The van der Waals surface area contributed by atoms with Crippen molar-refractivity contribution in [1.29, 1.82) is 0 Å². The maximum atomic E-state index is 15.1. The first kappa shape index (κ1) is 27.1. The van der Waals surface area contributed by atoms with Crippen LogP contribution in [-0.4, -0.2) is 29.4 Å². The van der Waals surface area contributed by atoms with E-state index in [4.69, 9.17) is 4.74 Å². The summed E-state index contributed by atoms with van der Waals surface area (Å²) >= 11 is 1.88. The lowest BCUT2D eigenvalue weighted by atomic mass is 10.2. The van der Waals surface area contributed by atoms with Crippen molar-refractivity contribution < 1.29 is 26.7 Å². The van der Waals surface area contributed by atoms with Crippen molar-refractivity contribution in [2.75, 3.05) is 9.62 Å². The van der Waals surface area contributed by atoms with Gasteiger partial charge < -0.3 is 4.74 Å². The zero-order valence-corrected chi connectivity index (χ0v) is 22.7. The molecule has 1 N–H and O–H groups in total. The van der Waals surface area contributed by atoms with Crippen LogP contribution in [0.25, 0.3) is 0 Å². The van der Waals surface area contributed by atoms with Crippen LogP contribution in [-0.2, 0) is 21.8 Å². The molecular weight excluding hydrogens is 595 g/mol. The number of amides is 1. The van der Waals surface area contributed by atoms with E-state index in [1.165, 1.54) is 18.2 Å². The molecule has 0 atom stereocenters. The number of allylic oxidation sites excluding steroid dienone is 1. The van der Waals surface area contributed by atoms with Crippen molar-refractivity contribution in [2.45, 2.75) is 50.4 Å². The van der Waals surface area contributed by atoms with E-state index < -0.39 is 55.2 Å². The lowest BCUT2D eigenvalue weighted by Gasteiger charge is -2.30. The Morgan fingerprint density at radius 1 is 1.29 bits per heavy atom. The lowest BCUT2D eigenvalue weighted by molar-refractivity contribution is 0.0596. The summed E-state index contributed by atoms with van der Waals surface area (Å²) in [6.07, 6.45) is 1.27. The summed E-state index contributed by atoms with van der Waals surface area (Å²) < 4.78 is 64.0. The molecule has 2 aromatic rings. The second kappa shape index (κ2) is 9.52. The maximum Gasteiger partial charge on any atom is 0.420 e. The highest BCUT2D eigenvalue weighted by Crippen LogP contribution is 2.48. The molecule has 1 aromatic heterocycles. The average Bonchev–Trinajstić information content (AvgIpc) is 3.50. The summed E-state index contributed by atoms with van der Waals surface area (Å²) in [5.74, 6) is -2.49. The predicted octanol–water partition coefficient (Wildman–Crippen LogP) is 5.19. The standard InChI is InChI=1S/C23H26F2IN3O5S/c1-6-9-23(10-11-23)35(32,33)27-17-13-16(25)20(30)28(5)19(17)29(21(31)34-22(2,3)4)18-8-7-14(26)12-15(18)24/h6-8,12-13,27H,1,9-11H2,2-5H3. The Morgan fingerprint density at radius 3 is 2.43 bits per heavy atom. The van der Waals surface area contributed by atoms with Crippen LogP contribution < -0.4 is 15.2 Å². The summed E-state index contributed by atoms with van der Waals surface area (Å²) in [4.78, 5) is 26.6. The molecule has 0 aliphatic heterocycles. The van der Waals surface area contributed by atoms with E-state index in [0.29, 0.717) is 22.5 Å². The van der Waals surface area contributed by atoms with Gasteiger partial charge in [-0.2, -0.15) is 0 Å². The van der Waals surface area contributed by atoms with Gasteiger partial charge in [0.05, 0.1) is 16.1 Å². The van der Waals surface area contributed by atoms with Crippen LogP contribution in [0.1, 0.15) is 40.0 Å². The predicted molar refractivity (Wildman–Crippen MR) is 138 cm³/mol. The molecule has 1 aromatic carbocycles. The van der Waals surface area contributed by atoms with Crippen LogP contribution in [0.5, 0.6) is 0 Å². The van der Waals surface area contributed by atoms with Crippen molar-refractivity contribution in [3.8, 4) is 0 Å². The fourth-order valence-electron chi connectivity index (χ4n) is 3.54. The van der Waals surface area contributed by atoms with Crippen molar-refractivity contribution >= 4 is 55.9 Å². The van der Waals surface area contributed by atoms with E-state index >= 15 is 4.39 Å². The van der Waals surface area contributed by atoms with Gasteiger partial charge in [-0.3, -0.25) is 14.1 Å². The number of nitrogens with zero attached hydrogens (tertiary/aromatic N) is 2. The van der Waals surface area contributed by atoms with Gasteiger partial charge in [-0.15, -0.1) is 6.58 Å². The molecule has 12 heteroatoms. The van der Waals surface area contributed by atoms with Gasteiger partial charge in [-0.1, -0.05) is 6.08 Å². The van der Waals surface area contributed by atoms with Gasteiger partial charge in [0, 0.05) is 16.7 Å². The molecule has 0 saturated heterocycles. The minimum Gasteiger partial charge on any atom is -0.443 e. The highest BCUT2D eigenvalue weighted by molar-refractivity contribution is 14.1. The SMILES string of the molecule is C=CCC1(S(=O)(=O)Nc2cc(F)c(=O)n(C)c2N(C(=O)OC(C)(C)C)c2ccc(I)cc2F)CC1. The normalized spacial score (nSPS) is 14.8. The number of ether oxygens (including phenoxy) is 1. The highest BCUT2D eigenvalue weighted by atomic mass is 127. The Hall–Kier alpha value is -2.48. The molecule has 0 bridgehead atoms. The smallest absolute Gasteiger partial charge is 0.420 e. The molecule has 190 valence electrons. The van der Waals surface area contributed by atoms with Gasteiger partial charge in [0.1, 0.15) is 11.4 Å². The van der Waals surface area contributed by atoms with Crippen LogP contribution in [0, 0.1) is 15.2 Å². The molecular formula is C23H26F2IN3O5S. The molecule has 1 amide bonds. The minimum atomic E-state index is -4.10. The molecule has 1 aliphatic rings. The van der Waals surface area contributed by atoms with Crippen molar-refractivity contribution in [3.63, 3.8) is 0 Å². The fourth-order valence-corrected chi connectivity index (χ4v) is 5.63. The Labute approximate surface area is 216 Å². The molecule has 1 saturated carbocycles. The van der Waals surface area contributed by atoms with Crippen LogP contribution in [0.3, 0.4) is 0 Å². The summed E-state index contributed by atoms with van der Waals surface area (Å²) in [5.41, 5.74) is -2.89. The first-order chi connectivity index (χ1) is 16.1. The third kappa shape index (κ3) is 5.52. The van der Waals surface area contributed by atoms with Gasteiger partial charge in [0.2, 0.25) is 10.0 Å². The van der Waals surface area contributed by atoms with Crippen LogP contribution in [0.4, 0.5) is 30.8 Å². The zero-order valence-electron chi connectivity index (χ0n) is 19.7. The molecule has 3 rings (SSSR count). The first-order valence-electron chi connectivity index (χ1n) is 10.6. The molecule has 8 nitrogen and oxygen atoms in total. The van der Waals surface area contributed by atoms with E-state index in [1.54, 1.807) is 20.8 Å². The lowest BCUT2D eigenvalue weighted by Crippen LogP contribution is -2.39. The van der Waals surface area contributed by atoms with Gasteiger partial charge in [-0.25, -0.2) is 26.9 Å². The summed E-state index contributed by atoms with van der Waals surface area (Å²) in [6, 6.07) is 4.64. The molecule has 1 heterocycles. The molecule has 1 aliphatic carbocycles. The van der Waals surface area contributed by atoms with E-state index in [1.807, 2.05) is 22.6 Å². The number of sulfonamides is 1. The number of halogens is 3. The third-order valence-electron chi connectivity index (χ3n) is 5.42. The number of carbonyl (C=O) groups is 1. The highest BCUT2D eigenvalue weighted by Gasteiger charge is 2.54. The second-order valence-electron chi connectivity index (χ2n) is 9.29. The Morgan fingerprint density at radius 2 is 1.91 bits per heavy atom. The number of benzene rings is 1. The molecule has 35 heavy (non-hydrogen) atoms. The first-order valence-corrected chi connectivity index (χ1v) is 13.2. The van der Waals surface area contributed by atoms with E-state index in [9.17, 15) is 22.4 Å². The number of hydrogen-bond acceptors (Lipinski definition) is 5. The number of hydrogen-bond donors (Lipinski definition) is 1. The van der Waals surface area contributed by atoms with Gasteiger partial charge >= 0.3 is 6.09 Å². The third-order valence-corrected chi connectivity index (χ3v) is 8.29. The Balaban J connectivity index is 2.28. The summed E-state index contributed by atoms with van der Waals surface area (Å²) in [6.45, 7) is 8.37. The average molecular weight is 621 g/mol. The van der Waals surface area contributed by atoms with E-state index in [2.05, 4.69) is 11.3 Å². The molecule has 0 radical (unpaired) electrons. The van der Waals surface area contributed by atoms with Gasteiger partial charge in [-0.05, 0) is 80.8 Å².